The zero-order valence-electron chi connectivity index (χ0n) is 11.7. The number of hydrogen-bond donors (Lipinski definition) is 1. The first-order valence-corrected chi connectivity index (χ1v) is 6.92. The van der Waals surface area contributed by atoms with E-state index in [2.05, 4.69) is 48.1 Å². The SMILES string of the molecule is CCCCC(Cc1ccn(C(C)CC)n1)NC. The number of unbranched alkanes of at least 4 members (excludes halogenated alkanes) is 1. The second kappa shape index (κ2) is 7.49. The molecule has 3 nitrogen and oxygen atoms in total. The number of aromatic nitrogens is 2. The Kier molecular flexibility index (Phi) is 6.27. The van der Waals surface area contributed by atoms with Gasteiger partial charge in [0.05, 0.1) is 5.69 Å². The van der Waals surface area contributed by atoms with E-state index < -0.39 is 0 Å². The van der Waals surface area contributed by atoms with Crippen molar-refractivity contribution in [1.82, 2.24) is 15.1 Å². The summed E-state index contributed by atoms with van der Waals surface area (Å²) in [4.78, 5) is 0. The monoisotopic (exact) mass is 237 g/mol. The molecule has 0 fully saturated rings. The second-order valence-electron chi connectivity index (χ2n) is 4.88. The molecule has 1 aromatic rings. The van der Waals surface area contributed by atoms with Gasteiger partial charge in [-0.3, -0.25) is 4.68 Å². The first-order chi connectivity index (χ1) is 8.21. The number of likely N-dealkylation sites (N-methyl/N-ethyl adjacent to an activating group) is 1. The summed E-state index contributed by atoms with van der Waals surface area (Å²) >= 11 is 0. The minimum absolute atomic E-state index is 0.507. The van der Waals surface area contributed by atoms with Gasteiger partial charge in [-0.15, -0.1) is 0 Å². The van der Waals surface area contributed by atoms with Crippen LogP contribution in [0, 0.1) is 0 Å². The summed E-state index contributed by atoms with van der Waals surface area (Å²) in [6, 6.07) is 3.23. The number of rotatable bonds is 8. The molecule has 0 bridgehead atoms. The fourth-order valence-corrected chi connectivity index (χ4v) is 1.97. The summed E-state index contributed by atoms with van der Waals surface area (Å²) in [5.74, 6) is 0. The summed E-state index contributed by atoms with van der Waals surface area (Å²) in [7, 11) is 2.05. The quantitative estimate of drug-likeness (QED) is 0.752. The van der Waals surface area contributed by atoms with E-state index in [0.717, 1.165) is 12.8 Å². The number of nitrogens with zero attached hydrogens (tertiary/aromatic N) is 2. The zero-order chi connectivity index (χ0) is 12.7. The van der Waals surface area contributed by atoms with Gasteiger partial charge < -0.3 is 5.32 Å². The predicted octanol–water partition coefficient (Wildman–Crippen LogP) is 3.17. The van der Waals surface area contributed by atoms with Crippen LogP contribution in [0.2, 0.25) is 0 Å². The van der Waals surface area contributed by atoms with Gasteiger partial charge in [0.2, 0.25) is 0 Å². The normalized spacial score (nSPS) is 14.8. The molecular weight excluding hydrogens is 210 g/mol. The summed E-state index contributed by atoms with van der Waals surface area (Å²) < 4.78 is 2.09. The van der Waals surface area contributed by atoms with Crippen LogP contribution >= 0.6 is 0 Å². The van der Waals surface area contributed by atoms with Gasteiger partial charge in [-0.05, 0) is 32.9 Å². The third kappa shape index (κ3) is 4.50. The standard InChI is InChI=1S/C14H27N3/c1-5-7-8-13(15-4)11-14-9-10-17(16-14)12(3)6-2/h9-10,12-13,15H,5-8,11H2,1-4H3. The lowest BCUT2D eigenvalue weighted by atomic mass is 10.1. The molecule has 1 heterocycles. The molecule has 0 saturated carbocycles. The molecule has 1 rings (SSSR count). The van der Waals surface area contributed by atoms with Gasteiger partial charge in [0, 0.05) is 24.7 Å². The van der Waals surface area contributed by atoms with Crippen LogP contribution in [-0.4, -0.2) is 22.9 Å². The molecule has 98 valence electrons. The predicted molar refractivity (Wildman–Crippen MR) is 73.3 cm³/mol. The Balaban J connectivity index is 2.52. The van der Waals surface area contributed by atoms with Crippen molar-refractivity contribution >= 4 is 0 Å². The van der Waals surface area contributed by atoms with Crippen molar-refractivity contribution in [3.63, 3.8) is 0 Å². The molecule has 2 unspecified atom stereocenters. The van der Waals surface area contributed by atoms with Crippen molar-refractivity contribution < 1.29 is 0 Å². The molecule has 0 spiro atoms. The molecule has 0 aromatic carbocycles. The van der Waals surface area contributed by atoms with Gasteiger partial charge in [-0.2, -0.15) is 5.10 Å². The summed E-state index contributed by atoms with van der Waals surface area (Å²) in [6.45, 7) is 6.65. The summed E-state index contributed by atoms with van der Waals surface area (Å²) in [5, 5.41) is 8.04. The molecule has 0 aliphatic carbocycles. The lowest BCUT2D eigenvalue weighted by Crippen LogP contribution is -2.27. The lowest BCUT2D eigenvalue weighted by molar-refractivity contribution is 0.459. The molecule has 0 aliphatic heterocycles. The van der Waals surface area contributed by atoms with Gasteiger partial charge in [0.25, 0.3) is 0 Å². The van der Waals surface area contributed by atoms with Crippen LogP contribution in [0.5, 0.6) is 0 Å². The van der Waals surface area contributed by atoms with Crippen LogP contribution in [0.25, 0.3) is 0 Å². The molecule has 1 N–H and O–H groups in total. The molecule has 0 aliphatic rings. The van der Waals surface area contributed by atoms with Gasteiger partial charge in [-0.25, -0.2) is 0 Å². The van der Waals surface area contributed by atoms with Crippen LogP contribution in [0.1, 0.15) is 58.2 Å². The van der Waals surface area contributed by atoms with Crippen LogP contribution in [0.4, 0.5) is 0 Å². The topological polar surface area (TPSA) is 29.9 Å². The van der Waals surface area contributed by atoms with E-state index in [0.29, 0.717) is 12.1 Å². The van der Waals surface area contributed by atoms with Crippen molar-refractivity contribution in [2.45, 2.75) is 65.0 Å². The minimum atomic E-state index is 0.507. The number of nitrogens with one attached hydrogen (secondary N) is 1. The highest BCUT2D eigenvalue weighted by atomic mass is 15.3. The molecule has 0 saturated heterocycles. The third-order valence-corrected chi connectivity index (χ3v) is 3.48. The van der Waals surface area contributed by atoms with E-state index in [1.54, 1.807) is 0 Å². The van der Waals surface area contributed by atoms with E-state index in [4.69, 9.17) is 0 Å². The van der Waals surface area contributed by atoms with Gasteiger partial charge in [0.15, 0.2) is 0 Å². The first kappa shape index (κ1) is 14.2. The zero-order valence-corrected chi connectivity index (χ0v) is 11.7. The Morgan fingerprint density at radius 1 is 1.41 bits per heavy atom. The van der Waals surface area contributed by atoms with Crippen molar-refractivity contribution in [2.75, 3.05) is 7.05 Å². The molecule has 17 heavy (non-hydrogen) atoms. The molecule has 2 atom stereocenters. The average molecular weight is 237 g/mol. The summed E-state index contributed by atoms with van der Waals surface area (Å²) in [6.07, 6.45) is 8.07. The van der Waals surface area contributed by atoms with Crippen molar-refractivity contribution in [3.05, 3.63) is 18.0 Å². The van der Waals surface area contributed by atoms with E-state index in [1.165, 1.54) is 25.0 Å². The van der Waals surface area contributed by atoms with Gasteiger partial charge in [0.1, 0.15) is 0 Å². The summed E-state index contributed by atoms with van der Waals surface area (Å²) in [5.41, 5.74) is 1.21. The highest BCUT2D eigenvalue weighted by Crippen LogP contribution is 2.11. The Bertz CT molecular complexity index is 306. The maximum atomic E-state index is 4.65. The van der Waals surface area contributed by atoms with Crippen molar-refractivity contribution in [2.24, 2.45) is 0 Å². The van der Waals surface area contributed by atoms with E-state index in [9.17, 15) is 0 Å². The molecule has 0 radical (unpaired) electrons. The smallest absolute Gasteiger partial charge is 0.0640 e. The second-order valence-corrected chi connectivity index (χ2v) is 4.88. The van der Waals surface area contributed by atoms with Crippen LogP contribution in [-0.2, 0) is 6.42 Å². The fourth-order valence-electron chi connectivity index (χ4n) is 1.97. The molecule has 3 heteroatoms. The Labute approximate surface area is 106 Å². The maximum absolute atomic E-state index is 4.65. The van der Waals surface area contributed by atoms with Crippen molar-refractivity contribution in [1.29, 1.82) is 0 Å². The van der Waals surface area contributed by atoms with Gasteiger partial charge in [-0.1, -0.05) is 26.7 Å². The van der Waals surface area contributed by atoms with Crippen molar-refractivity contribution in [3.8, 4) is 0 Å². The van der Waals surface area contributed by atoms with E-state index in [1.807, 2.05) is 7.05 Å². The maximum Gasteiger partial charge on any atom is 0.0640 e. The largest absolute Gasteiger partial charge is 0.317 e. The van der Waals surface area contributed by atoms with Gasteiger partial charge >= 0.3 is 0 Å². The van der Waals surface area contributed by atoms with E-state index in [-0.39, 0.29) is 0 Å². The third-order valence-electron chi connectivity index (χ3n) is 3.48. The Hall–Kier alpha value is -0.830. The highest BCUT2D eigenvalue weighted by Gasteiger charge is 2.10. The lowest BCUT2D eigenvalue weighted by Gasteiger charge is -2.14. The molecule has 1 aromatic heterocycles. The number of hydrogen-bond acceptors (Lipinski definition) is 2. The van der Waals surface area contributed by atoms with Crippen LogP contribution in [0.15, 0.2) is 12.3 Å². The Morgan fingerprint density at radius 3 is 2.76 bits per heavy atom. The highest BCUT2D eigenvalue weighted by molar-refractivity contribution is 5.02. The average Bonchev–Trinajstić information content (AvgIpc) is 2.81. The fraction of sp³-hybridized carbons (Fsp3) is 0.786. The Morgan fingerprint density at radius 2 is 2.18 bits per heavy atom. The molecule has 0 amide bonds. The van der Waals surface area contributed by atoms with E-state index >= 15 is 0 Å². The van der Waals surface area contributed by atoms with Crippen LogP contribution < -0.4 is 5.32 Å². The first-order valence-electron chi connectivity index (χ1n) is 6.92. The van der Waals surface area contributed by atoms with Crippen LogP contribution in [0.3, 0.4) is 0 Å². The minimum Gasteiger partial charge on any atom is -0.317 e. The molecular formula is C14H27N3.